The zero-order valence-corrected chi connectivity index (χ0v) is 25.1. The molecule has 3 aromatic rings. The molecule has 1 aliphatic carbocycles. The van der Waals surface area contributed by atoms with Crippen molar-refractivity contribution in [3.05, 3.63) is 101 Å². The number of rotatable bonds is 12. The largest absolute Gasteiger partial charge is 0.352 e. The lowest BCUT2D eigenvalue weighted by molar-refractivity contribution is -0.140. The molecule has 1 saturated carbocycles. The molecule has 8 heteroatoms. The third-order valence-electron chi connectivity index (χ3n) is 7.76. The third-order valence-corrected chi connectivity index (χ3v) is 8.90. The number of aryl methyl sites for hydroxylation is 2. The molecule has 2 amide bonds. The van der Waals surface area contributed by atoms with E-state index >= 15 is 0 Å². The van der Waals surface area contributed by atoms with Crippen LogP contribution in [-0.4, -0.2) is 50.0 Å². The first-order chi connectivity index (χ1) is 19.6. The van der Waals surface area contributed by atoms with E-state index < -0.39 is 28.5 Å². The van der Waals surface area contributed by atoms with Crippen molar-refractivity contribution >= 4 is 27.5 Å². The number of amides is 2. The highest BCUT2D eigenvalue weighted by Crippen LogP contribution is 2.23. The molecule has 1 atom stereocenters. The summed E-state index contributed by atoms with van der Waals surface area (Å²) in [7, 11) is -3.78. The van der Waals surface area contributed by atoms with Gasteiger partial charge in [-0.15, -0.1) is 0 Å². The Morgan fingerprint density at radius 2 is 1.49 bits per heavy atom. The maximum absolute atomic E-state index is 14.2. The molecule has 3 aromatic carbocycles. The highest BCUT2D eigenvalue weighted by Gasteiger charge is 2.34. The van der Waals surface area contributed by atoms with Crippen LogP contribution in [0.4, 0.5) is 5.69 Å². The van der Waals surface area contributed by atoms with E-state index in [4.69, 9.17) is 0 Å². The van der Waals surface area contributed by atoms with Gasteiger partial charge in [0.05, 0.1) is 11.9 Å². The first-order valence-electron chi connectivity index (χ1n) is 14.4. The van der Waals surface area contributed by atoms with E-state index in [0.29, 0.717) is 12.1 Å². The van der Waals surface area contributed by atoms with Crippen molar-refractivity contribution in [1.29, 1.82) is 0 Å². The van der Waals surface area contributed by atoms with Crippen LogP contribution in [0.1, 0.15) is 54.9 Å². The molecule has 41 heavy (non-hydrogen) atoms. The number of nitrogens with zero attached hydrogens (tertiary/aromatic N) is 2. The van der Waals surface area contributed by atoms with Gasteiger partial charge in [0.1, 0.15) is 12.6 Å². The maximum atomic E-state index is 14.2. The molecular weight excluding hydrogens is 534 g/mol. The van der Waals surface area contributed by atoms with Crippen LogP contribution in [0.2, 0.25) is 0 Å². The number of benzene rings is 3. The zero-order chi connectivity index (χ0) is 29.4. The standard InChI is InChI=1S/C33H41N3O4S/c1-4-26-18-20-30(21-19-26)36(41(3,39)40)24-32(37)35(23-28-16-14-25(2)15-17-28)31(22-27-10-6-5-7-11-27)33(38)34-29-12-8-9-13-29/h5-7,10-11,14-21,29,31H,4,8-9,12-13,22-24H2,1-3H3,(H,34,38)/t31-/m1/s1. The van der Waals surface area contributed by atoms with E-state index in [1.807, 2.05) is 80.6 Å². The van der Waals surface area contributed by atoms with Crippen LogP contribution in [0.15, 0.2) is 78.9 Å². The number of sulfonamides is 1. The quantitative estimate of drug-likeness (QED) is 0.329. The molecule has 1 fully saturated rings. The van der Waals surface area contributed by atoms with Gasteiger partial charge in [-0.05, 0) is 55.0 Å². The molecular formula is C33H41N3O4S. The fourth-order valence-corrected chi connectivity index (χ4v) is 6.17. The van der Waals surface area contributed by atoms with E-state index in [1.165, 1.54) is 0 Å². The number of hydrogen-bond acceptors (Lipinski definition) is 4. The summed E-state index contributed by atoms with van der Waals surface area (Å²) >= 11 is 0. The van der Waals surface area contributed by atoms with Crippen molar-refractivity contribution in [1.82, 2.24) is 10.2 Å². The van der Waals surface area contributed by atoms with E-state index in [1.54, 1.807) is 17.0 Å². The fourth-order valence-electron chi connectivity index (χ4n) is 5.32. The van der Waals surface area contributed by atoms with Crippen molar-refractivity contribution in [3.8, 4) is 0 Å². The minimum Gasteiger partial charge on any atom is -0.352 e. The minimum atomic E-state index is -3.78. The summed E-state index contributed by atoms with van der Waals surface area (Å²) in [5.41, 5.74) is 4.37. The van der Waals surface area contributed by atoms with Crippen molar-refractivity contribution in [2.45, 2.75) is 71.0 Å². The van der Waals surface area contributed by atoms with Gasteiger partial charge < -0.3 is 10.2 Å². The highest BCUT2D eigenvalue weighted by molar-refractivity contribution is 7.92. The summed E-state index contributed by atoms with van der Waals surface area (Å²) in [6, 6.07) is 24.0. The average molecular weight is 576 g/mol. The van der Waals surface area contributed by atoms with Crippen molar-refractivity contribution in [2.24, 2.45) is 0 Å². The Kier molecular flexibility index (Phi) is 10.2. The second-order valence-electron chi connectivity index (χ2n) is 11.0. The maximum Gasteiger partial charge on any atom is 0.244 e. The van der Waals surface area contributed by atoms with Gasteiger partial charge in [0.25, 0.3) is 0 Å². The summed E-state index contributed by atoms with van der Waals surface area (Å²) < 4.78 is 27.0. The SMILES string of the molecule is CCc1ccc(N(CC(=O)N(Cc2ccc(C)cc2)[C@H](Cc2ccccc2)C(=O)NC2CCCC2)S(C)(=O)=O)cc1. The molecule has 7 nitrogen and oxygen atoms in total. The van der Waals surface area contributed by atoms with Crippen molar-refractivity contribution < 1.29 is 18.0 Å². The Labute approximate surface area is 244 Å². The van der Waals surface area contributed by atoms with E-state index in [2.05, 4.69) is 5.32 Å². The van der Waals surface area contributed by atoms with Gasteiger partial charge >= 0.3 is 0 Å². The summed E-state index contributed by atoms with van der Waals surface area (Å²) in [4.78, 5) is 29.6. The lowest BCUT2D eigenvalue weighted by Crippen LogP contribution is -2.54. The van der Waals surface area contributed by atoms with Crippen molar-refractivity contribution in [2.75, 3.05) is 17.1 Å². The summed E-state index contributed by atoms with van der Waals surface area (Å²) in [6.45, 7) is 3.80. The normalized spacial score (nSPS) is 14.4. The summed E-state index contributed by atoms with van der Waals surface area (Å²) in [6.07, 6.45) is 6.23. The van der Waals surface area contributed by atoms with Crippen molar-refractivity contribution in [3.63, 3.8) is 0 Å². The molecule has 1 N–H and O–H groups in total. The predicted molar refractivity (Wildman–Crippen MR) is 164 cm³/mol. The molecule has 1 aliphatic rings. The van der Waals surface area contributed by atoms with Crippen LogP contribution in [0.5, 0.6) is 0 Å². The van der Waals surface area contributed by atoms with E-state index in [9.17, 15) is 18.0 Å². The molecule has 4 rings (SSSR count). The fraction of sp³-hybridized carbons (Fsp3) is 0.394. The Morgan fingerprint density at radius 3 is 2.07 bits per heavy atom. The number of anilines is 1. The summed E-state index contributed by atoms with van der Waals surface area (Å²) in [5, 5.41) is 3.19. The Balaban J connectivity index is 1.71. The molecule has 0 saturated heterocycles. The number of carbonyl (C=O) groups excluding carboxylic acids is 2. The number of carbonyl (C=O) groups is 2. The Hall–Kier alpha value is -3.65. The molecule has 0 radical (unpaired) electrons. The lowest BCUT2D eigenvalue weighted by Gasteiger charge is -2.34. The van der Waals surface area contributed by atoms with Gasteiger partial charge in [-0.1, -0.05) is 92.1 Å². The van der Waals surface area contributed by atoms with Crippen LogP contribution in [-0.2, 0) is 39.0 Å². The Morgan fingerprint density at radius 1 is 0.878 bits per heavy atom. The molecule has 0 bridgehead atoms. The zero-order valence-electron chi connectivity index (χ0n) is 24.3. The lowest BCUT2D eigenvalue weighted by atomic mass is 10.0. The number of hydrogen-bond donors (Lipinski definition) is 1. The summed E-state index contributed by atoms with van der Waals surface area (Å²) in [5.74, 6) is -0.641. The first-order valence-corrected chi connectivity index (χ1v) is 16.2. The monoisotopic (exact) mass is 575 g/mol. The topological polar surface area (TPSA) is 86.8 Å². The second-order valence-corrected chi connectivity index (χ2v) is 12.9. The molecule has 0 heterocycles. The molecule has 0 spiro atoms. The average Bonchev–Trinajstić information content (AvgIpc) is 3.47. The van der Waals surface area contributed by atoms with Gasteiger partial charge in [-0.3, -0.25) is 13.9 Å². The predicted octanol–water partition coefficient (Wildman–Crippen LogP) is 5.02. The van der Waals surface area contributed by atoms with Crippen LogP contribution in [0, 0.1) is 6.92 Å². The Bertz CT molecular complexity index is 1400. The van der Waals surface area contributed by atoms with Gasteiger partial charge in [0.2, 0.25) is 21.8 Å². The highest BCUT2D eigenvalue weighted by atomic mass is 32.2. The second kappa shape index (κ2) is 13.8. The van der Waals surface area contributed by atoms with Gasteiger partial charge in [-0.2, -0.15) is 0 Å². The van der Waals surface area contributed by atoms with E-state index in [0.717, 1.165) is 64.9 Å². The molecule has 0 aromatic heterocycles. The van der Waals surface area contributed by atoms with Gasteiger partial charge in [0.15, 0.2) is 0 Å². The van der Waals surface area contributed by atoms with Crippen LogP contribution < -0.4 is 9.62 Å². The van der Waals surface area contributed by atoms with Gasteiger partial charge in [0, 0.05) is 19.0 Å². The number of nitrogens with one attached hydrogen (secondary N) is 1. The van der Waals surface area contributed by atoms with Crippen LogP contribution >= 0.6 is 0 Å². The molecule has 0 unspecified atom stereocenters. The third kappa shape index (κ3) is 8.43. The molecule has 218 valence electrons. The minimum absolute atomic E-state index is 0.0849. The van der Waals surface area contributed by atoms with E-state index in [-0.39, 0.29) is 18.5 Å². The smallest absolute Gasteiger partial charge is 0.244 e. The molecule has 0 aliphatic heterocycles. The van der Waals surface area contributed by atoms with Gasteiger partial charge in [-0.25, -0.2) is 8.42 Å². The van der Waals surface area contributed by atoms with Crippen LogP contribution in [0.25, 0.3) is 0 Å². The first kappa shape index (κ1) is 30.3. The van der Waals surface area contributed by atoms with Crippen LogP contribution in [0.3, 0.4) is 0 Å².